The molecule has 2 aromatic carbocycles. The van der Waals surface area contributed by atoms with E-state index in [0.29, 0.717) is 10.6 Å². The van der Waals surface area contributed by atoms with E-state index in [1.807, 2.05) is 0 Å². The largest absolute Gasteiger partial charge is 0.504 e. The number of hydrogen-bond donors (Lipinski definition) is 2. The highest BCUT2D eigenvalue weighted by molar-refractivity contribution is 6.35. The molecule has 7 heteroatoms. The van der Waals surface area contributed by atoms with Gasteiger partial charge in [0, 0.05) is 16.1 Å². The van der Waals surface area contributed by atoms with Gasteiger partial charge in [-0.25, -0.2) is 0 Å². The topological polar surface area (TPSA) is 83.0 Å². The summed E-state index contributed by atoms with van der Waals surface area (Å²) in [4.78, 5) is 24.9. The average molecular weight is 361 g/mol. The van der Waals surface area contributed by atoms with E-state index in [-0.39, 0.29) is 22.0 Å². The van der Waals surface area contributed by atoms with E-state index in [4.69, 9.17) is 23.2 Å². The molecule has 24 heavy (non-hydrogen) atoms. The normalized spacial score (nSPS) is 10.6. The minimum absolute atomic E-state index is 0.173. The zero-order chi connectivity index (χ0) is 17.3. The number of hydrogen-bond acceptors (Lipinski definition) is 4. The molecule has 5 nitrogen and oxygen atoms in total. The second-order valence-electron chi connectivity index (χ2n) is 4.94. The summed E-state index contributed by atoms with van der Waals surface area (Å²) in [5.41, 5.74) is 0.0506. The Balaban J connectivity index is 1.97. The molecule has 0 bridgehead atoms. The maximum atomic E-state index is 12.4. The zero-order valence-electron chi connectivity index (χ0n) is 12.1. The van der Waals surface area contributed by atoms with E-state index in [9.17, 15) is 14.7 Å². The molecule has 3 rings (SSSR count). The van der Waals surface area contributed by atoms with Crippen molar-refractivity contribution >= 4 is 34.8 Å². The van der Waals surface area contributed by atoms with Crippen molar-refractivity contribution in [3.8, 4) is 5.75 Å². The van der Waals surface area contributed by atoms with Crippen LogP contribution in [0.25, 0.3) is 0 Å². The number of carbonyl (C=O) groups is 2. The summed E-state index contributed by atoms with van der Waals surface area (Å²) in [5, 5.41) is 17.1. The van der Waals surface area contributed by atoms with E-state index in [1.165, 1.54) is 18.2 Å². The lowest BCUT2D eigenvalue weighted by atomic mass is 10.0. The first-order valence-corrected chi connectivity index (χ1v) is 7.61. The molecule has 0 saturated heterocycles. The summed E-state index contributed by atoms with van der Waals surface area (Å²) in [6.07, 6.45) is 0. The summed E-state index contributed by atoms with van der Waals surface area (Å²) >= 11 is 11.8. The van der Waals surface area contributed by atoms with Gasteiger partial charge in [-0.3, -0.25) is 14.7 Å². The predicted octanol–water partition coefficient (Wildman–Crippen LogP) is 3.88. The number of H-pyrrole nitrogens is 1. The number of carbonyl (C=O) groups excluding carboxylic acids is 2. The van der Waals surface area contributed by atoms with Gasteiger partial charge in [-0.05, 0) is 36.4 Å². The molecular weight excluding hydrogens is 351 g/mol. The highest BCUT2D eigenvalue weighted by Crippen LogP contribution is 2.27. The minimum Gasteiger partial charge on any atom is -0.504 e. The van der Waals surface area contributed by atoms with Crippen molar-refractivity contribution in [2.24, 2.45) is 0 Å². The molecule has 1 heterocycles. The van der Waals surface area contributed by atoms with Crippen molar-refractivity contribution in [1.29, 1.82) is 0 Å². The second-order valence-corrected chi connectivity index (χ2v) is 5.78. The van der Waals surface area contributed by atoms with Crippen LogP contribution in [0.1, 0.15) is 32.1 Å². The maximum Gasteiger partial charge on any atom is 0.218 e. The van der Waals surface area contributed by atoms with Crippen LogP contribution in [0.5, 0.6) is 5.75 Å². The quantitative estimate of drug-likeness (QED) is 0.691. The van der Waals surface area contributed by atoms with Gasteiger partial charge in [0.1, 0.15) is 5.69 Å². The lowest BCUT2D eigenvalue weighted by Crippen LogP contribution is -2.04. The third-order valence-electron chi connectivity index (χ3n) is 3.41. The highest BCUT2D eigenvalue weighted by atomic mass is 35.5. The summed E-state index contributed by atoms with van der Waals surface area (Å²) in [7, 11) is 0. The molecule has 0 atom stereocenters. The molecular formula is C17H10Cl2N2O3. The van der Waals surface area contributed by atoms with Gasteiger partial charge >= 0.3 is 0 Å². The number of ketones is 2. The number of nitrogens with one attached hydrogen (secondary N) is 1. The van der Waals surface area contributed by atoms with E-state index in [0.717, 1.165) is 0 Å². The van der Waals surface area contributed by atoms with Crippen LogP contribution in [0, 0.1) is 0 Å². The summed E-state index contributed by atoms with van der Waals surface area (Å²) < 4.78 is 0. The van der Waals surface area contributed by atoms with E-state index >= 15 is 0 Å². The van der Waals surface area contributed by atoms with Crippen molar-refractivity contribution in [3.05, 3.63) is 81.1 Å². The molecule has 0 saturated carbocycles. The Labute approximate surface area is 146 Å². The fraction of sp³-hybridized carbons (Fsp3) is 0. The van der Waals surface area contributed by atoms with Gasteiger partial charge in [0.15, 0.2) is 11.4 Å². The summed E-state index contributed by atoms with van der Waals surface area (Å²) in [6, 6.07) is 12.5. The first kappa shape index (κ1) is 16.2. The van der Waals surface area contributed by atoms with Crippen LogP contribution < -0.4 is 0 Å². The fourth-order valence-corrected chi connectivity index (χ4v) is 2.52. The first-order valence-electron chi connectivity index (χ1n) is 6.86. The Bertz CT molecular complexity index is 933. The van der Waals surface area contributed by atoms with E-state index < -0.39 is 17.3 Å². The van der Waals surface area contributed by atoms with Crippen LogP contribution in [0.2, 0.25) is 10.0 Å². The minimum atomic E-state index is -0.579. The van der Waals surface area contributed by atoms with Gasteiger partial charge in [-0.2, -0.15) is 5.10 Å². The van der Waals surface area contributed by atoms with Gasteiger partial charge < -0.3 is 5.11 Å². The molecule has 120 valence electrons. The van der Waals surface area contributed by atoms with Gasteiger partial charge in [0.2, 0.25) is 11.6 Å². The van der Waals surface area contributed by atoms with Crippen molar-refractivity contribution in [3.63, 3.8) is 0 Å². The Kier molecular flexibility index (Phi) is 4.38. The molecule has 0 spiro atoms. The van der Waals surface area contributed by atoms with Crippen molar-refractivity contribution in [2.45, 2.75) is 0 Å². The van der Waals surface area contributed by atoms with Crippen molar-refractivity contribution in [1.82, 2.24) is 10.2 Å². The first-order chi connectivity index (χ1) is 11.5. The Morgan fingerprint density at radius 1 is 0.958 bits per heavy atom. The molecule has 1 aromatic heterocycles. The number of halogens is 2. The molecule has 0 aliphatic heterocycles. The van der Waals surface area contributed by atoms with Crippen molar-refractivity contribution < 1.29 is 14.7 Å². The van der Waals surface area contributed by atoms with Gasteiger partial charge in [0.05, 0.1) is 5.02 Å². The monoisotopic (exact) mass is 360 g/mol. The highest BCUT2D eigenvalue weighted by Gasteiger charge is 2.25. The van der Waals surface area contributed by atoms with Crippen LogP contribution >= 0.6 is 23.2 Å². The third-order valence-corrected chi connectivity index (χ3v) is 3.99. The van der Waals surface area contributed by atoms with E-state index in [2.05, 4.69) is 10.2 Å². The number of rotatable bonds is 4. The van der Waals surface area contributed by atoms with Crippen LogP contribution in [0.15, 0.2) is 48.5 Å². The molecule has 0 radical (unpaired) electrons. The summed E-state index contributed by atoms with van der Waals surface area (Å²) in [5.74, 6) is -1.60. The molecule has 0 amide bonds. The Morgan fingerprint density at radius 3 is 2.29 bits per heavy atom. The standard InChI is InChI=1S/C17H10Cl2N2O3/c18-10-7-5-9(6-8-10)15(22)13-17(24)14(21-20-13)16(23)11-3-1-2-4-12(11)19/h1-8,24H,(H,20,21). The number of nitrogens with zero attached hydrogens (tertiary/aromatic N) is 1. The predicted molar refractivity (Wildman–Crippen MR) is 90.0 cm³/mol. The number of aromatic hydroxyl groups is 1. The van der Waals surface area contributed by atoms with Crippen LogP contribution in [-0.4, -0.2) is 26.9 Å². The van der Waals surface area contributed by atoms with Gasteiger partial charge in [-0.15, -0.1) is 0 Å². The fourth-order valence-electron chi connectivity index (χ4n) is 2.17. The maximum absolute atomic E-state index is 12.4. The van der Waals surface area contributed by atoms with Gasteiger partial charge in [0.25, 0.3) is 0 Å². The molecule has 0 aliphatic carbocycles. The smallest absolute Gasteiger partial charge is 0.218 e. The lowest BCUT2D eigenvalue weighted by Gasteiger charge is -2.02. The number of aromatic nitrogens is 2. The Hall–Kier alpha value is -2.63. The van der Waals surface area contributed by atoms with Crippen LogP contribution in [-0.2, 0) is 0 Å². The average Bonchev–Trinajstić information content (AvgIpc) is 2.96. The Morgan fingerprint density at radius 2 is 1.62 bits per heavy atom. The lowest BCUT2D eigenvalue weighted by molar-refractivity contribution is 0.102. The van der Waals surface area contributed by atoms with Crippen molar-refractivity contribution in [2.75, 3.05) is 0 Å². The number of aromatic amines is 1. The number of benzene rings is 2. The third kappa shape index (κ3) is 2.91. The molecule has 0 aliphatic rings. The van der Waals surface area contributed by atoms with Crippen LogP contribution in [0.3, 0.4) is 0 Å². The van der Waals surface area contributed by atoms with E-state index in [1.54, 1.807) is 30.3 Å². The summed E-state index contributed by atoms with van der Waals surface area (Å²) in [6.45, 7) is 0. The SMILES string of the molecule is O=C(c1ccccc1Cl)c1n[nH]c(C(=O)c2ccc(Cl)cc2)c1O. The molecule has 0 fully saturated rings. The molecule has 0 unspecified atom stereocenters. The van der Waals surface area contributed by atoms with Gasteiger partial charge in [-0.1, -0.05) is 35.3 Å². The zero-order valence-corrected chi connectivity index (χ0v) is 13.6. The molecule has 3 aromatic rings. The molecule has 2 N–H and O–H groups in total. The second kappa shape index (κ2) is 6.47. The van der Waals surface area contributed by atoms with Crippen LogP contribution in [0.4, 0.5) is 0 Å².